The van der Waals surface area contributed by atoms with Crippen LogP contribution in [0.3, 0.4) is 0 Å². The zero-order valence-corrected chi connectivity index (χ0v) is 17.2. The molecule has 4 rings (SSSR count). The average Bonchev–Trinajstić information content (AvgIpc) is 3.18. The monoisotopic (exact) mass is 433 g/mol. The molecule has 154 valence electrons. The number of anilines is 1. The third kappa shape index (κ3) is 4.49. The number of aromatic nitrogens is 1. The van der Waals surface area contributed by atoms with Gasteiger partial charge in [0.15, 0.2) is 5.13 Å². The van der Waals surface area contributed by atoms with Gasteiger partial charge in [-0.2, -0.15) is 0 Å². The second-order valence-corrected chi connectivity index (χ2v) is 7.83. The lowest BCUT2D eigenvalue weighted by molar-refractivity contribution is -0.384. The van der Waals surface area contributed by atoms with Crippen LogP contribution in [0.1, 0.15) is 15.9 Å². The number of hydrogen-bond donors (Lipinski definition) is 1. The van der Waals surface area contributed by atoms with Crippen molar-refractivity contribution in [3.8, 4) is 21.7 Å². The van der Waals surface area contributed by atoms with E-state index in [-0.39, 0.29) is 11.3 Å². The number of nitro groups is 1. The molecule has 0 aliphatic rings. The molecule has 1 amide bonds. The molecule has 4 aromatic rings. The maximum Gasteiger partial charge on any atom is 0.269 e. The summed E-state index contributed by atoms with van der Waals surface area (Å²) < 4.78 is 13.5. The second kappa shape index (κ2) is 8.45. The Hall–Kier alpha value is -3.91. The van der Waals surface area contributed by atoms with Crippen LogP contribution in [0.15, 0.2) is 72.8 Å². The summed E-state index contributed by atoms with van der Waals surface area (Å²) in [5.74, 6) is -0.974. The Balaban J connectivity index is 1.74. The molecule has 31 heavy (non-hydrogen) atoms. The predicted molar refractivity (Wildman–Crippen MR) is 119 cm³/mol. The van der Waals surface area contributed by atoms with E-state index in [4.69, 9.17) is 0 Å². The molecule has 0 aliphatic heterocycles. The molecule has 3 aromatic carbocycles. The molecular formula is C23H16FN3O3S. The van der Waals surface area contributed by atoms with Gasteiger partial charge in [0.1, 0.15) is 5.82 Å². The smallest absolute Gasteiger partial charge is 0.269 e. The van der Waals surface area contributed by atoms with Gasteiger partial charge in [0.05, 0.1) is 15.5 Å². The van der Waals surface area contributed by atoms with E-state index in [2.05, 4.69) is 10.3 Å². The molecule has 0 fully saturated rings. The maximum absolute atomic E-state index is 13.5. The molecule has 1 aromatic heterocycles. The summed E-state index contributed by atoms with van der Waals surface area (Å²) in [6, 6.07) is 19.3. The van der Waals surface area contributed by atoms with Crippen molar-refractivity contribution in [2.45, 2.75) is 6.92 Å². The lowest BCUT2D eigenvalue weighted by Gasteiger charge is -2.03. The standard InChI is InChI=1S/C23H16FN3O3S/c1-14-5-7-15(8-6-14)20-21(16-9-11-19(12-10-16)27(29)30)31-23(25-20)26-22(28)17-3-2-4-18(24)13-17/h2-13H,1H3,(H,25,26,28). The molecule has 0 atom stereocenters. The number of aryl methyl sites for hydroxylation is 1. The van der Waals surface area contributed by atoms with Crippen molar-refractivity contribution < 1.29 is 14.1 Å². The molecule has 0 bridgehead atoms. The van der Waals surface area contributed by atoms with E-state index < -0.39 is 16.6 Å². The zero-order valence-electron chi connectivity index (χ0n) is 16.3. The van der Waals surface area contributed by atoms with Crippen LogP contribution in [0.5, 0.6) is 0 Å². The predicted octanol–water partition coefficient (Wildman–Crippen LogP) is 6.09. The van der Waals surface area contributed by atoms with Crippen LogP contribution < -0.4 is 5.32 Å². The first-order chi connectivity index (χ1) is 14.9. The lowest BCUT2D eigenvalue weighted by atomic mass is 10.1. The number of carbonyl (C=O) groups is 1. The Morgan fingerprint density at radius 1 is 1.03 bits per heavy atom. The molecule has 0 saturated heterocycles. The van der Waals surface area contributed by atoms with Crippen LogP contribution in [0.2, 0.25) is 0 Å². The van der Waals surface area contributed by atoms with Crippen molar-refractivity contribution in [3.63, 3.8) is 0 Å². The number of rotatable bonds is 5. The third-order valence-corrected chi connectivity index (χ3v) is 5.62. The van der Waals surface area contributed by atoms with Crippen molar-refractivity contribution >= 4 is 28.1 Å². The number of nitrogens with zero attached hydrogens (tertiary/aromatic N) is 2. The molecule has 0 aliphatic carbocycles. The first-order valence-corrected chi connectivity index (χ1v) is 10.1. The first kappa shape index (κ1) is 20.4. The number of hydrogen-bond acceptors (Lipinski definition) is 5. The molecule has 0 unspecified atom stereocenters. The van der Waals surface area contributed by atoms with Crippen molar-refractivity contribution in [2.24, 2.45) is 0 Å². The summed E-state index contributed by atoms with van der Waals surface area (Å²) in [7, 11) is 0. The van der Waals surface area contributed by atoms with Crippen molar-refractivity contribution in [1.29, 1.82) is 0 Å². The largest absolute Gasteiger partial charge is 0.298 e. The Bertz CT molecular complexity index is 1270. The molecule has 6 nitrogen and oxygen atoms in total. The fourth-order valence-electron chi connectivity index (χ4n) is 3.01. The number of nitrogens with one attached hydrogen (secondary N) is 1. The van der Waals surface area contributed by atoms with Gasteiger partial charge in [-0.15, -0.1) is 0 Å². The number of halogens is 1. The Labute approximate surface area is 181 Å². The maximum atomic E-state index is 13.5. The number of thiazole rings is 1. The van der Waals surface area contributed by atoms with Crippen LogP contribution in [0, 0.1) is 22.9 Å². The normalized spacial score (nSPS) is 10.6. The summed E-state index contributed by atoms with van der Waals surface area (Å²) in [4.78, 5) is 28.4. The summed E-state index contributed by atoms with van der Waals surface area (Å²) >= 11 is 1.25. The van der Waals surface area contributed by atoms with E-state index in [0.717, 1.165) is 27.6 Å². The highest BCUT2D eigenvalue weighted by atomic mass is 32.1. The minimum absolute atomic E-state index is 0.00946. The number of non-ortho nitro benzene ring substituents is 1. The molecule has 1 N–H and O–H groups in total. The van der Waals surface area contributed by atoms with Crippen LogP contribution in [0.25, 0.3) is 21.7 Å². The van der Waals surface area contributed by atoms with E-state index in [9.17, 15) is 19.3 Å². The Morgan fingerprint density at radius 3 is 2.35 bits per heavy atom. The Morgan fingerprint density at radius 2 is 1.71 bits per heavy atom. The van der Waals surface area contributed by atoms with Crippen molar-refractivity contribution in [3.05, 3.63) is 99.9 Å². The van der Waals surface area contributed by atoms with E-state index in [1.165, 1.54) is 41.7 Å². The topological polar surface area (TPSA) is 85.1 Å². The minimum Gasteiger partial charge on any atom is -0.298 e. The van der Waals surface area contributed by atoms with Gasteiger partial charge >= 0.3 is 0 Å². The van der Waals surface area contributed by atoms with Crippen LogP contribution >= 0.6 is 11.3 Å². The van der Waals surface area contributed by atoms with Gasteiger partial charge in [-0.3, -0.25) is 20.2 Å². The highest BCUT2D eigenvalue weighted by Gasteiger charge is 2.18. The van der Waals surface area contributed by atoms with Gasteiger partial charge in [-0.05, 0) is 42.8 Å². The number of carbonyl (C=O) groups excluding carboxylic acids is 1. The number of nitro benzene ring substituents is 1. The summed E-state index contributed by atoms with van der Waals surface area (Å²) in [6.45, 7) is 1.98. The fraction of sp³-hybridized carbons (Fsp3) is 0.0435. The number of amides is 1. The van der Waals surface area contributed by atoms with E-state index >= 15 is 0 Å². The minimum atomic E-state index is -0.501. The van der Waals surface area contributed by atoms with Crippen LogP contribution in [-0.2, 0) is 0 Å². The van der Waals surface area contributed by atoms with Crippen molar-refractivity contribution in [2.75, 3.05) is 5.32 Å². The molecule has 1 heterocycles. The summed E-state index contributed by atoms with van der Waals surface area (Å²) in [6.07, 6.45) is 0. The second-order valence-electron chi connectivity index (χ2n) is 6.83. The van der Waals surface area contributed by atoms with Crippen LogP contribution in [-0.4, -0.2) is 15.8 Å². The first-order valence-electron chi connectivity index (χ1n) is 9.30. The lowest BCUT2D eigenvalue weighted by Crippen LogP contribution is -2.11. The Kier molecular flexibility index (Phi) is 5.55. The molecular weight excluding hydrogens is 417 g/mol. The SMILES string of the molecule is Cc1ccc(-c2nc(NC(=O)c3cccc(F)c3)sc2-c2ccc([N+](=O)[O-])cc2)cc1. The molecule has 0 saturated carbocycles. The van der Waals surface area contributed by atoms with Crippen molar-refractivity contribution in [1.82, 2.24) is 4.98 Å². The fourth-order valence-corrected chi connectivity index (χ4v) is 4.00. The highest BCUT2D eigenvalue weighted by molar-refractivity contribution is 7.19. The van der Waals surface area contributed by atoms with E-state index in [1.54, 1.807) is 12.1 Å². The van der Waals surface area contributed by atoms with Gasteiger partial charge in [0.2, 0.25) is 0 Å². The zero-order chi connectivity index (χ0) is 22.0. The molecule has 0 radical (unpaired) electrons. The highest BCUT2D eigenvalue weighted by Crippen LogP contribution is 2.39. The van der Waals surface area contributed by atoms with E-state index in [1.807, 2.05) is 31.2 Å². The summed E-state index contributed by atoms with van der Waals surface area (Å²) in [5.41, 5.74) is 3.50. The van der Waals surface area contributed by atoms with Crippen LogP contribution in [0.4, 0.5) is 15.2 Å². The van der Waals surface area contributed by atoms with Gasteiger partial charge in [-0.25, -0.2) is 9.37 Å². The number of benzene rings is 3. The van der Waals surface area contributed by atoms with Gasteiger partial charge in [0.25, 0.3) is 11.6 Å². The van der Waals surface area contributed by atoms with Gasteiger partial charge in [0, 0.05) is 23.3 Å². The van der Waals surface area contributed by atoms with Gasteiger partial charge in [-0.1, -0.05) is 47.2 Å². The summed E-state index contributed by atoms with van der Waals surface area (Å²) in [5, 5.41) is 14.0. The third-order valence-electron chi connectivity index (χ3n) is 4.60. The molecule has 8 heteroatoms. The average molecular weight is 433 g/mol. The molecule has 0 spiro atoms. The van der Waals surface area contributed by atoms with E-state index in [0.29, 0.717) is 10.8 Å². The van der Waals surface area contributed by atoms with Gasteiger partial charge < -0.3 is 0 Å². The quantitative estimate of drug-likeness (QED) is 0.305.